The van der Waals surface area contributed by atoms with Crippen LogP contribution in [0.15, 0.2) is 42.5 Å². The van der Waals surface area contributed by atoms with Crippen molar-refractivity contribution in [3.8, 4) is 5.75 Å². The maximum absolute atomic E-state index is 12.9. The molecular weight excluding hydrogens is 426 g/mol. The molecule has 2 aromatic carbocycles. The third-order valence-electron chi connectivity index (χ3n) is 7.30. The minimum absolute atomic E-state index is 0.120. The lowest BCUT2D eigenvalue weighted by atomic mass is 10.1. The fraction of sp³-hybridized carbons (Fsp3) is 0.464. The topological polar surface area (TPSA) is 64.5 Å². The van der Waals surface area contributed by atoms with Crippen LogP contribution in [0.5, 0.6) is 5.75 Å². The van der Waals surface area contributed by atoms with E-state index in [1.807, 2.05) is 30.3 Å². The van der Waals surface area contributed by atoms with Gasteiger partial charge in [-0.05, 0) is 74.6 Å². The molecule has 5 rings (SSSR count). The highest BCUT2D eigenvalue weighted by molar-refractivity contribution is 6.06. The van der Waals surface area contributed by atoms with Crippen molar-refractivity contribution in [2.75, 3.05) is 18.5 Å². The second-order valence-electron chi connectivity index (χ2n) is 9.66. The van der Waals surface area contributed by atoms with Gasteiger partial charge >= 0.3 is 0 Å². The van der Waals surface area contributed by atoms with Gasteiger partial charge in [-0.3, -0.25) is 4.79 Å². The van der Waals surface area contributed by atoms with E-state index in [0.717, 1.165) is 43.0 Å². The molecule has 2 heterocycles. The molecule has 34 heavy (non-hydrogen) atoms. The van der Waals surface area contributed by atoms with E-state index in [1.54, 1.807) is 0 Å². The lowest BCUT2D eigenvalue weighted by Gasteiger charge is -2.14. The van der Waals surface area contributed by atoms with Gasteiger partial charge in [0.25, 0.3) is 5.91 Å². The zero-order chi connectivity index (χ0) is 23.5. The number of anilines is 1. The molecule has 6 nitrogen and oxygen atoms in total. The Balaban J connectivity index is 1.25. The Morgan fingerprint density at radius 1 is 1.09 bits per heavy atom. The molecule has 1 aliphatic carbocycles. The van der Waals surface area contributed by atoms with Crippen LogP contribution >= 0.6 is 0 Å². The summed E-state index contributed by atoms with van der Waals surface area (Å²) >= 11 is 0. The molecule has 6 heteroatoms. The van der Waals surface area contributed by atoms with E-state index in [0.29, 0.717) is 18.2 Å². The number of nitrogens with zero attached hydrogens (tertiary/aromatic N) is 1. The van der Waals surface area contributed by atoms with Crippen LogP contribution in [0.3, 0.4) is 0 Å². The molecule has 180 valence electrons. The van der Waals surface area contributed by atoms with Gasteiger partial charge in [0.1, 0.15) is 12.4 Å². The van der Waals surface area contributed by atoms with Crippen molar-refractivity contribution < 1.29 is 14.3 Å². The van der Waals surface area contributed by atoms with Gasteiger partial charge in [-0.2, -0.15) is 0 Å². The number of carbonyl (C=O) groups is 1. The largest absolute Gasteiger partial charge is 0.491 e. The number of ether oxygens (including phenoxy) is 2. The molecule has 0 bridgehead atoms. The highest BCUT2D eigenvalue weighted by Gasteiger charge is 2.18. The van der Waals surface area contributed by atoms with Gasteiger partial charge in [-0.1, -0.05) is 18.9 Å². The fourth-order valence-electron chi connectivity index (χ4n) is 5.25. The van der Waals surface area contributed by atoms with Gasteiger partial charge < -0.3 is 24.7 Å². The molecule has 0 spiro atoms. The minimum atomic E-state index is -0.120. The minimum Gasteiger partial charge on any atom is -0.491 e. The van der Waals surface area contributed by atoms with E-state index in [1.165, 1.54) is 42.3 Å². The molecule has 1 aromatic heterocycles. The number of aryl methyl sites for hydroxylation is 2. The SMILES string of the molecule is Cc1c(NC(=O)c2ccc(OC[C@@H]3CCCO3)cc2)ccc2cc(CNC3CCCC3)n(C)c12. The molecule has 1 atom stereocenters. The lowest BCUT2D eigenvalue weighted by molar-refractivity contribution is 0.0679. The van der Waals surface area contributed by atoms with E-state index in [4.69, 9.17) is 9.47 Å². The van der Waals surface area contributed by atoms with Gasteiger partial charge in [0, 0.05) is 48.6 Å². The van der Waals surface area contributed by atoms with Gasteiger partial charge in [-0.25, -0.2) is 0 Å². The number of hydrogen-bond acceptors (Lipinski definition) is 4. The summed E-state index contributed by atoms with van der Waals surface area (Å²) < 4.78 is 13.7. The second-order valence-corrected chi connectivity index (χ2v) is 9.66. The molecule has 1 saturated heterocycles. The molecule has 3 aromatic rings. The average Bonchev–Trinajstić information content (AvgIpc) is 3.61. The summed E-state index contributed by atoms with van der Waals surface area (Å²) in [6.45, 7) is 4.33. The summed E-state index contributed by atoms with van der Waals surface area (Å²) in [7, 11) is 2.11. The third kappa shape index (κ3) is 4.98. The van der Waals surface area contributed by atoms with Crippen LogP contribution in [-0.2, 0) is 18.3 Å². The number of fused-ring (bicyclic) bond motifs is 1. The standard InChI is InChI=1S/C28H35N3O3/c1-19-26(14-11-21-16-23(31(2)27(19)21)17-29-22-6-3-4-7-22)30-28(32)20-9-12-24(13-10-20)34-18-25-8-5-15-33-25/h9-14,16,22,25,29H,3-8,15,17-18H2,1-2H3,(H,30,32)/t25-/m0/s1. The van der Waals surface area contributed by atoms with E-state index >= 15 is 0 Å². The Morgan fingerprint density at radius 2 is 1.88 bits per heavy atom. The first-order valence-corrected chi connectivity index (χ1v) is 12.6. The van der Waals surface area contributed by atoms with Crippen LogP contribution in [0.2, 0.25) is 0 Å². The third-order valence-corrected chi connectivity index (χ3v) is 7.30. The van der Waals surface area contributed by atoms with Crippen molar-refractivity contribution in [1.29, 1.82) is 0 Å². The Hall–Kier alpha value is -2.83. The zero-order valence-corrected chi connectivity index (χ0v) is 20.2. The van der Waals surface area contributed by atoms with Crippen LogP contribution < -0.4 is 15.4 Å². The fourth-order valence-corrected chi connectivity index (χ4v) is 5.25. The molecule has 0 radical (unpaired) electrons. The van der Waals surface area contributed by atoms with Crippen LogP contribution in [0.25, 0.3) is 10.9 Å². The van der Waals surface area contributed by atoms with Crippen LogP contribution in [-0.4, -0.2) is 35.8 Å². The molecule has 1 saturated carbocycles. The Bertz CT molecular complexity index is 1140. The number of nitrogens with one attached hydrogen (secondary N) is 2. The first-order valence-electron chi connectivity index (χ1n) is 12.6. The molecule has 1 aliphatic heterocycles. The second kappa shape index (κ2) is 10.2. The smallest absolute Gasteiger partial charge is 0.255 e. The molecular formula is C28H35N3O3. The maximum Gasteiger partial charge on any atom is 0.255 e. The molecule has 1 amide bonds. The van der Waals surface area contributed by atoms with E-state index < -0.39 is 0 Å². The van der Waals surface area contributed by atoms with Crippen LogP contribution in [0, 0.1) is 6.92 Å². The van der Waals surface area contributed by atoms with Crippen molar-refractivity contribution in [2.45, 2.75) is 64.1 Å². The van der Waals surface area contributed by atoms with Crippen molar-refractivity contribution in [3.05, 3.63) is 59.3 Å². The van der Waals surface area contributed by atoms with E-state index in [2.05, 4.69) is 41.3 Å². The summed E-state index contributed by atoms with van der Waals surface area (Å²) in [5.41, 5.74) is 4.97. The van der Waals surface area contributed by atoms with Gasteiger partial charge in [0.2, 0.25) is 0 Å². The summed E-state index contributed by atoms with van der Waals surface area (Å²) in [6, 6.07) is 14.3. The Labute approximate surface area is 201 Å². The van der Waals surface area contributed by atoms with E-state index in [-0.39, 0.29) is 12.0 Å². The van der Waals surface area contributed by atoms with Gasteiger partial charge in [0.15, 0.2) is 0 Å². The highest BCUT2D eigenvalue weighted by Crippen LogP contribution is 2.29. The zero-order valence-electron chi connectivity index (χ0n) is 20.2. The average molecular weight is 462 g/mol. The van der Waals surface area contributed by atoms with Crippen molar-refractivity contribution >= 4 is 22.5 Å². The number of amides is 1. The lowest BCUT2D eigenvalue weighted by Crippen LogP contribution is -2.26. The number of aromatic nitrogens is 1. The Morgan fingerprint density at radius 3 is 2.62 bits per heavy atom. The van der Waals surface area contributed by atoms with Crippen molar-refractivity contribution in [1.82, 2.24) is 9.88 Å². The number of hydrogen-bond donors (Lipinski definition) is 2. The van der Waals surface area contributed by atoms with Crippen LogP contribution in [0.4, 0.5) is 5.69 Å². The monoisotopic (exact) mass is 461 g/mol. The molecule has 2 N–H and O–H groups in total. The Kier molecular flexibility index (Phi) is 6.88. The number of rotatable bonds is 8. The van der Waals surface area contributed by atoms with Crippen molar-refractivity contribution in [3.63, 3.8) is 0 Å². The molecule has 2 fully saturated rings. The molecule has 0 unspecified atom stereocenters. The predicted octanol–water partition coefficient (Wildman–Crippen LogP) is 5.33. The summed E-state index contributed by atoms with van der Waals surface area (Å²) in [5.74, 6) is 0.637. The summed E-state index contributed by atoms with van der Waals surface area (Å²) in [6.07, 6.45) is 7.55. The van der Waals surface area contributed by atoms with Crippen LogP contribution in [0.1, 0.15) is 60.1 Å². The quantitative estimate of drug-likeness (QED) is 0.476. The first-order chi connectivity index (χ1) is 16.6. The van der Waals surface area contributed by atoms with Crippen molar-refractivity contribution in [2.24, 2.45) is 7.05 Å². The van der Waals surface area contributed by atoms with Gasteiger partial charge in [0.05, 0.1) is 11.6 Å². The normalized spacial score (nSPS) is 18.6. The maximum atomic E-state index is 12.9. The molecule has 2 aliphatic rings. The number of carbonyl (C=O) groups excluding carboxylic acids is 1. The summed E-state index contributed by atoms with van der Waals surface area (Å²) in [4.78, 5) is 12.9. The first kappa shape index (κ1) is 22.9. The highest BCUT2D eigenvalue weighted by atomic mass is 16.5. The van der Waals surface area contributed by atoms with E-state index in [9.17, 15) is 4.79 Å². The number of benzene rings is 2. The predicted molar refractivity (Wildman–Crippen MR) is 136 cm³/mol. The summed E-state index contributed by atoms with van der Waals surface area (Å²) in [5, 5.41) is 8.01. The van der Waals surface area contributed by atoms with Gasteiger partial charge in [-0.15, -0.1) is 0 Å².